The van der Waals surface area contributed by atoms with Gasteiger partial charge in [-0.3, -0.25) is 4.79 Å². The Hall–Kier alpha value is -2.55. The van der Waals surface area contributed by atoms with E-state index >= 15 is 0 Å². The molecular weight excluding hydrogens is 356 g/mol. The summed E-state index contributed by atoms with van der Waals surface area (Å²) in [6.07, 6.45) is 1.89. The number of carbonyl (C=O) groups is 1. The number of hydrogen-bond donors (Lipinski definition) is 2. The molecule has 2 aromatic rings. The van der Waals surface area contributed by atoms with Crippen molar-refractivity contribution < 1.29 is 18.3 Å². The lowest BCUT2D eigenvalue weighted by Crippen LogP contribution is -2.31. The van der Waals surface area contributed by atoms with Crippen molar-refractivity contribution in [1.82, 2.24) is 25.6 Å². The first-order chi connectivity index (χ1) is 13.0. The highest BCUT2D eigenvalue weighted by atomic mass is 19.3. The fourth-order valence-corrected chi connectivity index (χ4v) is 3.26. The fourth-order valence-electron chi connectivity index (χ4n) is 3.26. The van der Waals surface area contributed by atoms with Crippen LogP contribution < -0.4 is 15.4 Å². The van der Waals surface area contributed by atoms with Crippen LogP contribution in [0.15, 0.2) is 24.3 Å². The first-order valence-electron chi connectivity index (χ1n) is 8.94. The van der Waals surface area contributed by atoms with Gasteiger partial charge in [0.25, 0.3) is 5.91 Å². The quantitative estimate of drug-likeness (QED) is 0.806. The van der Waals surface area contributed by atoms with Crippen molar-refractivity contribution >= 4 is 5.91 Å². The van der Waals surface area contributed by atoms with E-state index in [1.165, 1.54) is 12.1 Å². The standard InChI is InChI=1S/C18H23F2N5O2/c1-11(13-4-3-5-15(10-13)27-18(19)20)22-17(26)16-12(2)25(24-23-16)14-6-8-21-9-7-14/h3-5,10-11,14,18,21H,6-9H2,1-2H3,(H,22,26). The number of ether oxygens (including phenoxy) is 1. The number of amides is 1. The topological polar surface area (TPSA) is 81.1 Å². The molecule has 1 amide bonds. The predicted octanol–water partition coefficient (Wildman–Crippen LogP) is 2.60. The lowest BCUT2D eigenvalue weighted by Gasteiger charge is -2.23. The zero-order valence-corrected chi connectivity index (χ0v) is 15.3. The molecule has 1 fully saturated rings. The molecule has 2 N–H and O–H groups in total. The van der Waals surface area contributed by atoms with E-state index in [1.54, 1.807) is 19.1 Å². The zero-order chi connectivity index (χ0) is 19.4. The van der Waals surface area contributed by atoms with Crippen LogP contribution >= 0.6 is 0 Å². The smallest absolute Gasteiger partial charge is 0.387 e. The number of nitrogens with zero attached hydrogens (tertiary/aromatic N) is 3. The Bertz CT molecular complexity index is 790. The van der Waals surface area contributed by atoms with Gasteiger partial charge in [-0.25, -0.2) is 4.68 Å². The van der Waals surface area contributed by atoms with Gasteiger partial charge in [0.05, 0.1) is 17.8 Å². The molecule has 0 spiro atoms. The summed E-state index contributed by atoms with van der Waals surface area (Å²) in [5, 5.41) is 14.3. The third-order valence-corrected chi connectivity index (χ3v) is 4.73. The van der Waals surface area contributed by atoms with Gasteiger partial charge in [-0.05, 0) is 57.5 Å². The molecular formula is C18H23F2N5O2. The highest BCUT2D eigenvalue weighted by molar-refractivity contribution is 5.93. The van der Waals surface area contributed by atoms with Crippen molar-refractivity contribution in [2.24, 2.45) is 0 Å². The van der Waals surface area contributed by atoms with Crippen LogP contribution in [-0.4, -0.2) is 40.6 Å². The molecule has 1 aromatic carbocycles. The van der Waals surface area contributed by atoms with Gasteiger partial charge < -0.3 is 15.4 Å². The highest BCUT2D eigenvalue weighted by Crippen LogP contribution is 2.22. The number of benzene rings is 1. The van der Waals surface area contributed by atoms with Gasteiger partial charge in [0, 0.05) is 0 Å². The Morgan fingerprint density at radius 3 is 2.81 bits per heavy atom. The molecule has 1 aliphatic rings. The van der Waals surface area contributed by atoms with Gasteiger partial charge >= 0.3 is 6.61 Å². The molecule has 0 radical (unpaired) electrons. The number of rotatable bonds is 6. The SMILES string of the molecule is Cc1c(C(=O)NC(C)c2cccc(OC(F)F)c2)nnn1C1CCNCC1. The van der Waals surface area contributed by atoms with E-state index in [0.717, 1.165) is 31.6 Å². The number of aromatic nitrogens is 3. The minimum absolute atomic E-state index is 0.0524. The van der Waals surface area contributed by atoms with Crippen LogP contribution in [-0.2, 0) is 0 Å². The molecule has 1 aromatic heterocycles. The van der Waals surface area contributed by atoms with Crippen LogP contribution in [0, 0.1) is 6.92 Å². The van der Waals surface area contributed by atoms with Gasteiger partial charge in [0.15, 0.2) is 5.69 Å². The Morgan fingerprint density at radius 2 is 2.11 bits per heavy atom. The molecule has 3 rings (SSSR count). The third-order valence-electron chi connectivity index (χ3n) is 4.73. The highest BCUT2D eigenvalue weighted by Gasteiger charge is 2.24. The van der Waals surface area contributed by atoms with Gasteiger partial charge in [0.1, 0.15) is 5.75 Å². The number of piperidine rings is 1. The van der Waals surface area contributed by atoms with E-state index < -0.39 is 12.7 Å². The first-order valence-corrected chi connectivity index (χ1v) is 8.94. The monoisotopic (exact) mass is 379 g/mol. The predicted molar refractivity (Wildman–Crippen MR) is 94.9 cm³/mol. The zero-order valence-electron chi connectivity index (χ0n) is 15.3. The van der Waals surface area contributed by atoms with Gasteiger partial charge in [0.2, 0.25) is 0 Å². The normalized spacial score (nSPS) is 16.3. The Morgan fingerprint density at radius 1 is 1.37 bits per heavy atom. The summed E-state index contributed by atoms with van der Waals surface area (Å²) in [5.74, 6) is -0.294. The minimum Gasteiger partial charge on any atom is -0.435 e. The van der Waals surface area contributed by atoms with E-state index in [0.29, 0.717) is 5.56 Å². The Labute approximate surface area is 156 Å². The Kier molecular flexibility index (Phi) is 6.00. The van der Waals surface area contributed by atoms with Crippen molar-refractivity contribution in [2.75, 3.05) is 13.1 Å². The van der Waals surface area contributed by atoms with Crippen molar-refractivity contribution in [2.45, 2.75) is 45.4 Å². The van der Waals surface area contributed by atoms with E-state index in [2.05, 4.69) is 25.7 Å². The average molecular weight is 379 g/mol. The maximum atomic E-state index is 12.6. The lowest BCUT2D eigenvalue weighted by molar-refractivity contribution is -0.0499. The van der Waals surface area contributed by atoms with Crippen LogP contribution in [0.2, 0.25) is 0 Å². The molecule has 7 nitrogen and oxygen atoms in total. The number of carbonyl (C=O) groups excluding carboxylic acids is 1. The molecule has 0 aliphatic carbocycles. The number of hydrogen-bond acceptors (Lipinski definition) is 5. The van der Waals surface area contributed by atoms with Gasteiger partial charge in [-0.2, -0.15) is 8.78 Å². The second-order valence-corrected chi connectivity index (χ2v) is 6.60. The lowest BCUT2D eigenvalue weighted by atomic mass is 10.1. The molecule has 1 aliphatic heterocycles. The van der Waals surface area contributed by atoms with E-state index in [4.69, 9.17) is 0 Å². The van der Waals surface area contributed by atoms with Crippen molar-refractivity contribution in [3.8, 4) is 5.75 Å². The molecule has 0 saturated carbocycles. The minimum atomic E-state index is -2.89. The summed E-state index contributed by atoms with van der Waals surface area (Å²) in [6.45, 7) is 2.54. The molecule has 1 atom stereocenters. The summed E-state index contributed by atoms with van der Waals surface area (Å²) < 4.78 is 31.0. The van der Waals surface area contributed by atoms with Crippen LogP contribution in [0.1, 0.15) is 53.6 Å². The van der Waals surface area contributed by atoms with Crippen LogP contribution in [0.5, 0.6) is 5.75 Å². The first kappa shape index (κ1) is 19.2. The van der Waals surface area contributed by atoms with Crippen LogP contribution in [0.4, 0.5) is 8.78 Å². The van der Waals surface area contributed by atoms with Gasteiger partial charge in [-0.1, -0.05) is 17.3 Å². The fraction of sp³-hybridized carbons (Fsp3) is 0.500. The largest absolute Gasteiger partial charge is 0.435 e. The van der Waals surface area contributed by atoms with E-state index in [1.807, 2.05) is 11.6 Å². The van der Waals surface area contributed by atoms with E-state index in [-0.39, 0.29) is 23.4 Å². The maximum absolute atomic E-state index is 12.6. The molecule has 1 unspecified atom stereocenters. The summed E-state index contributed by atoms with van der Waals surface area (Å²) in [5.41, 5.74) is 1.66. The van der Waals surface area contributed by atoms with Crippen LogP contribution in [0.25, 0.3) is 0 Å². The third kappa shape index (κ3) is 4.60. The summed E-state index contributed by atoms with van der Waals surface area (Å²) in [6, 6.07) is 6.11. The number of alkyl halides is 2. The summed E-state index contributed by atoms with van der Waals surface area (Å²) in [7, 11) is 0. The second-order valence-electron chi connectivity index (χ2n) is 6.60. The van der Waals surface area contributed by atoms with Gasteiger partial charge in [-0.15, -0.1) is 5.10 Å². The number of nitrogens with one attached hydrogen (secondary N) is 2. The molecule has 146 valence electrons. The molecule has 9 heteroatoms. The summed E-state index contributed by atoms with van der Waals surface area (Å²) >= 11 is 0. The number of halogens is 2. The van der Waals surface area contributed by atoms with Crippen molar-refractivity contribution in [3.63, 3.8) is 0 Å². The molecule has 2 heterocycles. The maximum Gasteiger partial charge on any atom is 0.387 e. The average Bonchev–Trinajstić information content (AvgIpc) is 3.03. The summed E-state index contributed by atoms with van der Waals surface area (Å²) in [4.78, 5) is 12.6. The molecule has 0 bridgehead atoms. The van der Waals surface area contributed by atoms with Crippen LogP contribution in [0.3, 0.4) is 0 Å². The van der Waals surface area contributed by atoms with Crippen molar-refractivity contribution in [3.05, 3.63) is 41.2 Å². The second kappa shape index (κ2) is 8.43. The Balaban J connectivity index is 1.69. The van der Waals surface area contributed by atoms with E-state index in [9.17, 15) is 13.6 Å². The molecule has 27 heavy (non-hydrogen) atoms. The molecule has 1 saturated heterocycles. The van der Waals surface area contributed by atoms with Crippen molar-refractivity contribution in [1.29, 1.82) is 0 Å².